The van der Waals surface area contributed by atoms with Crippen LogP contribution in [0.3, 0.4) is 0 Å². The lowest BCUT2D eigenvalue weighted by atomic mass is 9.78. The molecule has 2 aliphatic rings. The van der Waals surface area contributed by atoms with Crippen LogP contribution in [0.5, 0.6) is 0 Å². The normalized spacial score (nSPS) is 32.8. The molecule has 1 heterocycles. The van der Waals surface area contributed by atoms with E-state index < -0.39 is 0 Å². The van der Waals surface area contributed by atoms with Gasteiger partial charge in [0.05, 0.1) is 0 Å². The topological polar surface area (TPSA) is 29.1 Å². The molecule has 1 spiro atoms. The second kappa shape index (κ2) is 2.75. The lowest BCUT2D eigenvalue weighted by Gasteiger charge is -2.28. The smallest absolute Gasteiger partial charge is 0.220 e. The van der Waals surface area contributed by atoms with E-state index in [0.29, 0.717) is 11.5 Å². The highest BCUT2D eigenvalue weighted by Crippen LogP contribution is 2.47. The second-order valence-electron chi connectivity index (χ2n) is 4.27. The maximum atomic E-state index is 11.3. The SMILES string of the molecule is CCC1NC(=O)CC12CCCC2. The zero-order valence-electron chi connectivity index (χ0n) is 7.73. The molecule has 0 bridgehead atoms. The van der Waals surface area contributed by atoms with Crippen LogP contribution in [-0.2, 0) is 4.79 Å². The molecule has 1 saturated carbocycles. The highest BCUT2D eigenvalue weighted by Gasteiger charge is 2.47. The van der Waals surface area contributed by atoms with Gasteiger partial charge in [-0.25, -0.2) is 0 Å². The van der Waals surface area contributed by atoms with Gasteiger partial charge in [-0.05, 0) is 24.7 Å². The van der Waals surface area contributed by atoms with E-state index in [9.17, 15) is 4.79 Å². The van der Waals surface area contributed by atoms with Gasteiger partial charge in [0.2, 0.25) is 5.91 Å². The molecular formula is C10H17NO. The van der Waals surface area contributed by atoms with Gasteiger partial charge in [-0.2, -0.15) is 0 Å². The molecule has 2 fully saturated rings. The number of rotatable bonds is 1. The minimum absolute atomic E-state index is 0.281. The van der Waals surface area contributed by atoms with E-state index in [1.165, 1.54) is 25.7 Å². The Morgan fingerprint density at radius 3 is 2.75 bits per heavy atom. The third-order valence-corrected chi connectivity index (χ3v) is 3.59. The Bertz CT molecular complexity index is 194. The van der Waals surface area contributed by atoms with Crippen molar-refractivity contribution in [1.82, 2.24) is 5.32 Å². The van der Waals surface area contributed by atoms with Crippen molar-refractivity contribution in [2.75, 3.05) is 0 Å². The van der Waals surface area contributed by atoms with Crippen LogP contribution >= 0.6 is 0 Å². The molecule has 1 aliphatic carbocycles. The van der Waals surface area contributed by atoms with Crippen LogP contribution in [-0.4, -0.2) is 11.9 Å². The third-order valence-electron chi connectivity index (χ3n) is 3.59. The van der Waals surface area contributed by atoms with Crippen LogP contribution < -0.4 is 5.32 Å². The Balaban J connectivity index is 2.16. The van der Waals surface area contributed by atoms with Gasteiger partial charge in [0, 0.05) is 12.5 Å². The van der Waals surface area contributed by atoms with Crippen molar-refractivity contribution in [2.24, 2.45) is 5.41 Å². The number of carbonyl (C=O) groups excluding carboxylic acids is 1. The maximum Gasteiger partial charge on any atom is 0.220 e. The molecule has 68 valence electrons. The summed E-state index contributed by atoms with van der Waals surface area (Å²) in [5, 5.41) is 3.10. The van der Waals surface area contributed by atoms with Crippen molar-refractivity contribution in [3.8, 4) is 0 Å². The summed E-state index contributed by atoms with van der Waals surface area (Å²) < 4.78 is 0. The zero-order valence-corrected chi connectivity index (χ0v) is 7.73. The second-order valence-corrected chi connectivity index (χ2v) is 4.27. The summed E-state index contributed by atoms with van der Waals surface area (Å²) in [7, 11) is 0. The average molecular weight is 167 g/mol. The van der Waals surface area contributed by atoms with E-state index in [4.69, 9.17) is 0 Å². The first-order valence-corrected chi connectivity index (χ1v) is 5.06. The van der Waals surface area contributed by atoms with Crippen molar-refractivity contribution in [2.45, 2.75) is 51.5 Å². The van der Waals surface area contributed by atoms with Crippen LogP contribution in [0.1, 0.15) is 45.4 Å². The van der Waals surface area contributed by atoms with Crippen molar-refractivity contribution in [3.63, 3.8) is 0 Å². The van der Waals surface area contributed by atoms with Crippen LogP contribution in [0, 0.1) is 5.41 Å². The molecule has 12 heavy (non-hydrogen) atoms. The van der Waals surface area contributed by atoms with E-state index in [1.54, 1.807) is 0 Å². The highest BCUT2D eigenvalue weighted by molar-refractivity contribution is 5.80. The van der Waals surface area contributed by atoms with E-state index in [1.807, 2.05) is 0 Å². The molecule has 2 nitrogen and oxygen atoms in total. The highest BCUT2D eigenvalue weighted by atomic mass is 16.2. The first-order valence-electron chi connectivity index (χ1n) is 5.06. The van der Waals surface area contributed by atoms with E-state index in [0.717, 1.165) is 12.8 Å². The minimum atomic E-state index is 0.281. The monoisotopic (exact) mass is 167 g/mol. The molecule has 0 aromatic carbocycles. The number of hydrogen-bond donors (Lipinski definition) is 1. The molecule has 1 amide bonds. The Hall–Kier alpha value is -0.530. The van der Waals surface area contributed by atoms with E-state index in [2.05, 4.69) is 12.2 Å². The molecular weight excluding hydrogens is 150 g/mol. The predicted octanol–water partition coefficient (Wildman–Crippen LogP) is 1.85. The Morgan fingerprint density at radius 1 is 1.50 bits per heavy atom. The standard InChI is InChI=1S/C10H17NO/c1-2-8-10(5-3-4-6-10)7-9(12)11-8/h8H,2-7H2,1H3,(H,11,12). The summed E-state index contributed by atoms with van der Waals surface area (Å²) in [5.74, 6) is 0.281. The molecule has 1 aliphatic heterocycles. The molecule has 0 radical (unpaired) electrons. The molecule has 2 heteroatoms. The van der Waals surface area contributed by atoms with Gasteiger partial charge in [0.15, 0.2) is 0 Å². The average Bonchev–Trinajstić information content (AvgIpc) is 2.60. The van der Waals surface area contributed by atoms with Gasteiger partial charge < -0.3 is 5.32 Å². The predicted molar refractivity (Wildman–Crippen MR) is 47.7 cm³/mol. The molecule has 1 unspecified atom stereocenters. The molecule has 0 aromatic heterocycles. The lowest BCUT2D eigenvalue weighted by molar-refractivity contribution is -0.119. The van der Waals surface area contributed by atoms with Gasteiger partial charge >= 0.3 is 0 Å². The van der Waals surface area contributed by atoms with Gasteiger partial charge in [0.25, 0.3) is 0 Å². The van der Waals surface area contributed by atoms with Crippen molar-refractivity contribution in [3.05, 3.63) is 0 Å². The summed E-state index contributed by atoms with van der Waals surface area (Å²) in [6.07, 6.45) is 7.09. The Labute approximate surface area is 73.7 Å². The fraction of sp³-hybridized carbons (Fsp3) is 0.900. The first-order chi connectivity index (χ1) is 5.77. The van der Waals surface area contributed by atoms with Gasteiger partial charge in [-0.3, -0.25) is 4.79 Å². The summed E-state index contributed by atoms with van der Waals surface area (Å²) in [6, 6.07) is 0.479. The van der Waals surface area contributed by atoms with Crippen molar-refractivity contribution >= 4 is 5.91 Å². The van der Waals surface area contributed by atoms with Gasteiger partial charge in [-0.15, -0.1) is 0 Å². The van der Waals surface area contributed by atoms with Gasteiger partial charge in [-0.1, -0.05) is 19.8 Å². The molecule has 1 atom stereocenters. The maximum absolute atomic E-state index is 11.3. The van der Waals surface area contributed by atoms with Crippen LogP contribution in [0.25, 0.3) is 0 Å². The quantitative estimate of drug-likeness (QED) is 0.634. The number of amides is 1. The van der Waals surface area contributed by atoms with Crippen molar-refractivity contribution < 1.29 is 4.79 Å². The molecule has 1 saturated heterocycles. The fourth-order valence-corrected chi connectivity index (χ4v) is 2.98. The minimum Gasteiger partial charge on any atom is -0.353 e. The Morgan fingerprint density at radius 2 is 2.17 bits per heavy atom. The summed E-state index contributed by atoms with van der Waals surface area (Å²) >= 11 is 0. The van der Waals surface area contributed by atoms with E-state index >= 15 is 0 Å². The molecule has 1 N–H and O–H groups in total. The summed E-state index contributed by atoms with van der Waals surface area (Å²) in [5.41, 5.74) is 0.367. The zero-order chi connectivity index (χ0) is 8.60. The number of carbonyl (C=O) groups is 1. The molecule has 0 aromatic rings. The first kappa shape index (κ1) is 8.09. The van der Waals surface area contributed by atoms with Crippen LogP contribution in [0.2, 0.25) is 0 Å². The number of nitrogens with one attached hydrogen (secondary N) is 1. The van der Waals surface area contributed by atoms with Crippen LogP contribution in [0.4, 0.5) is 0 Å². The summed E-state index contributed by atoms with van der Waals surface area (Å²) in [4.78, 5) is 11.3. The van der Waals surface area contributed by atoms with Crippen LogP contribution in [0.15, 0.2) is 0 Å². The number of hydrogen-bond acceptors (Lipinski definition) is 1. The van der Waals surface area contributed by atoms with E-state index in [-0.39, 0.29) is 5.91 Å². The fourth-order valence-electron chi connectivity index (χ4n) is 2.98. The van der Waals surface area contributed by atoms with Crippen molar-refractivity contribution in [1.29, 1.82) is 0 Å². The Kier molecular flexibility index (Phi) is 1.85. The van der Waals surface area contributed by atoms with Gasteiger partial charge in [0.1, 0.15) is 0 Å². The largest absolute Gasteiger partial charge is 0.353 e. The third kappa shape index (κ3) is 1.05. The summed E-state index contributed by atoms with van der Waals surface area (Å²) in [6.45, 7) is 2.18. The lowest BCUT2D eigenvalue weighted by Crippen LogP contribution is -2.34. The molecule has 2 rings (SSSR count).